The van der Waals surface area contributed by atoms with E-state index in [0.717, 1.165) is 27.3 Å². The van der Waals surface area contributed by atoms with Crippen molar-refractivity contribution >= 4 is 34.1 Å². The molecule has 3 heteroatoms. The molecule has 0 bridgehead atoms. The van der Waals surface area contributed by atoms with Crippen molar-refractivity contribution in [3.8, 4) is 5.75 Å². The predicted molar refractivity (Wildman–Crippen MR) is 91.6 cm³/mol. The quantitative estimate of drug-likeness (QED) is 0.443. The summed E-state index contributed by atoms with van der Waals surface area (Å²) in [4.78, 5) is 1.27. The first-order chi connectivity index (χ1) is 10.3. The number of ether oxygens (including phenoxy) is 1. The van der Waals surface area contributed by atoms with Gasteiger partial charge in [0.2, 0.25) is 0 Å². The maximum absolute atomic E-state index is 6.21. The first-order valence-electron chi connectivity index (χ1n) is 6.82. The molecule has 0 amide bonds. The Bertz CT molecular complexity index is 728. The van der Waals surface area contributed by atoms with E-state index in [9.17, 15) is 0 Å². The van der Waals surface area contributed by atoms with Crippen molar-refractivity contribution in [3.63, 3.8) is 0 Å². The summed E-state index contributed by atoms with van der Waals surface area (Å²) in [7, 11) is 0. The van der Waals surface area contributed by atoms with E-state index in [1.54, 1.807) is 11.8 Å². The molecule has 0 fully saturated rings. The highest BCUT2D eigenvalue weighted by atomic mass is 35.5. The molecule has 3 aromatic carbocycles. The minimum Gasteiger partial charge on any atom is -0.492 e. The number of hydrogen-bond acceptors (Lipinski definition) is 2. The monoisotopic (exact) mass is 314 g/mol. The normalized spacial score (nSPS) is 10.7. The highest BCUT2D eigenvalue weighted by Crippen LogP contribution is 2.31. The van der Waals surface area contributed by atoms with Gasteiger partial charge < -0.3 is 4.74 Å². The first kappa shape index (κ1) is 14.3. The summed E-state index contributed by atoms with van der Waals surface area (Å²) in [6.07, 6.45) is 0. The van der Waals surface area contributed by atoms with Crippen LogP contribution in [0.1, 0.15) is 0 Å². The Labute approximate surface area is 133 Å². The third-order valence-corrected chi connectivity index (χ3v) is 4.49. The molecule has 0 aliphatic heterocycles. The highest BCUT2D eigenvalue weighted by molar-refractivity contribution is 7.99. The lowest BCUT2D eigenvalue weighted by Crippen LogP contribution is -2.00. The molecule has 0 saturated heterocycles. The number of hydrogen-bond donors (Lipinski definition) is 0. The summed E-state index contributed by atoms with van der Waals surface area (Å²) in [5.74, 6) is 1.81. The Morgan fingerprint density at radius 1 is 0.810 bits per heavy atom. The Morgan fingerprint density at radius 3 is 2.33 bits per heavy atom. The molecule has 0 spiro atoms. The van der Waals surface area contributed by atoms with Gasteiger partial charge in [-0.05, 0) is 24.3 Å². The fourth-order valence-electron chi connectivity index (χ4n) is 2.19. The fraction of sp³-hybridized carbons (Fsp3) is 0.111. The zero-order chi connectivity index (χ0) is 14.5. The van der Waals surface area contributed by atoms with Crippen molar-refractivity contribution in [3.05, 3.63) is 71.8 Å². The zero-order valence-corrected chi connectivity index (χ0v) is 13.0. The Balaban J connectivity index is 1.65. The van der Waals surface area contributed by atoms with Crippen LogP contribution in [0.2, 0.25) is 5.02 Å². The summed E-state index contributed by atoms with van der Waals surface area (Å²) < 4.78 is 5.92. The van der Waals surface area contributed by atoms with Gasteiger partial charge in [0.15, 0.2) is 0 Å². The van der Waals surface area contributed by atoms with E-state index in [1.165, 1.54) is 4.90 Å². The number of halogens is 1. The zero-order valence-electron chi connectivity index (χ0n) is 11.5. The average Bonchev–Trinajstić information content (AvgIpc) is 2.55. The van der Waals surface area contributed by atoms with E-state index < -0.39 is 0 Å². The molecule has 0 saturated carbocycles. The minimum absolute atomic E-state index is 0.672. The molecular formula is C18H15ClOS. The van der Waals surface area contributed by atoms with Gasteiger partial charge in [0.05, 0.1) is 6.61 Å². The molecule has 3 aromatic rings. The third-order valence-electron chi connectivity index (χ3n) is 3.18. The molecule has 0 N–H and O–H groups in total. The molecule has 0 aliphatic carbocycles. The molecule has 0 atom stereocenters. The topological polar surface area (TPSA) is 9.23 Å². The summed E-state index contributed by atoms with van der Waals surface area (Å²) in [6.45, 7) is 0.672. The van der Waals surface area contributed by atoms with E-state index in [0.29, 0.717) is 6.61 Å². The van der Waals surface area contributed by atoms with Gasteiger partial charge in [0.1, 0.15) is 5.75 Å². The fourth-order valence-corrected chi connectivity index (χ4v) is 3.17. The summed E-state index contributed by atoms with van der Waals surface area (Å²) in [6, 6.07) is 22.2. The minimum atomic E-state index is 0.672. The lowest BCUT2D eigenvalue weighted by atomic mass is 10.1. The number of thioether (sulfide) groups is 1. The van der Waals surface area contributed by atoms with E-state index in [2.05, 4.69) is 24.3 Å². The standard InChI is InChI=1S/C18H15ClOS/c19-17-10-11-18(16-9-5-4-8-15(16)17)20-12-13-21-14-6-2-1-3-7-14/h1-11H,12-13H2. The van der Waals surface area contributed by atoms with Gasteiger partial charge in [-0.25, -0.2) is 0 Å². The van der Waals surface area contributed by atoms with Gasteiger partial charge in [-0.1, -0.05) is 54.1 Å². The maximum Gasteiger partial charge on any atom is 0.127 e. The van der Waals surface area contributed by atoms with Crippen LogP contribution in [0.3, 0.4) is 0 Å². The van der Waals surface area contributed by atoms with Crippen molar-refractivity contribution in [2.24, 2.45) is 0 Å². The number of benzene rings is 3. The van der Waals surface area contributed by atoms with Crippen LogP contribution in [-0.2, 0) is 0 Å². The molecule has 0 heterocycles. The van der Waals surface area contributed by atoms with Crippen LogP contribution < -0.4 is 4.74 Å². The largest absolute Gasteiger partial charge is 0.492 e. The molecule has 0 unspecified atom stereocenters. The van der Waals surface area contributed by atoms with Crippen LogP contribution in [0.4, 0.5) is 0 Å². The maximum atomic E-state index is 6.21. The summed E-state index contributed by atoms with van der Waals surface area (Å²) >= 11 is 8.01. The van der Waals surface area contributed by atoms with Crippen molar-refractivity contribution in [1.82, 2.24) is 0 Å². The molecule has 21 heavy (non-hydrogen) atoms. The van der Waals surface area contributed by atoms with Crippen molar-refractivity contribution in [2.75, 3.05) is 12.4 Å². The van der Waals surface area contributed by atoms with Gasteiger partial charge >= 0.3 is 0 Å². The Kier molecular flexibility index (Phi) is 4.69. The van der Waals surface area contributed by atoms with Gasteiger partial charge in [0, 0.05) is 26.4 Å². The van der Waals surface area contributed by atoms with Crippen LogP contribution in [0.5, 0.6) is 5.75 Å². The van der Waals surface area contributed by atoms with Crippen molar-refractivity contribution < 1.29 is 4.74 Å². The van der Waals surface area contributed by atoms with E-state index in [-0.39, 0.29) is 0 Å². The second-order valence-corrected chi connectivity index (χ2v) is 6.18. The molecule has 106 valence electrons. The van der Waals surface area contributed by atoms with Gasteiger partial charge in [-0.15, -0.1) is 11.8 Å². The van der Waals surface area contributed by atoms with Crippen LogP contribution in [0.25, 0.3) is 10.8 Å². The second kappa shape index (κ2) is 6.88. The number of fused-ring (bicyclic) bond motifs is 1. The van der Waals surface area contributed by atoms with Gasteiger partial charge in [-0.2, -0.15) is 0 Å². The molecule has 0 aliphatic rings. The van der Waals surface area contributed by atoms with Crippen LogP contribution in [0.15, 0.2) is 71.6 Å². The average molecular weight is 315 g/mol. The van der Waals surface area contributed by atoms with Crippen molar-refractivity contribution in [1.29, 1.82) is 0 Å². The lowest BCUT2D eigenvalue weighted by Gasteiger charge is -2.10. The van der Waals surface area contributed by atoms with Crippen LogP contribution in [0, 0.1) is 0 Å². The lowest BCUT2D eigenvalue weighted by molar-refractivity contribution is 0.348. The van der Waals surface area contributed by atoms with E-state index >= 15 is 0 Å². The molecular weight excluding hydrogens is 300 g/mol. The summed E-state index contributed by atoms with van der Waals surface area (Å²) in [5, 5.41) is 2.86. The number of rotatable bonds is 5. The first-order valence-corrected chi connectivity index (χ1v) is 8.19. The summed E-state index contributed by atoms with van der Waals surface area (Å²) in [5.41, 5.74) is 0. The Hall–Kier alpha value is -1.64. The molecule has 3 rings (SSSR count). The van der Waals surface area contributed by atoms with Crippen LogP contribution >= 0.6 is 23.4 Å². The Morgan fingerprint density at radius 2 is 1.52 bits per heavy atom. The predicted octanol–water partition coefficient (Wildman–Crippen LogP) is 5.66. The van der Waals surface area contributed by atoms with Gasteiger partial charge in [0.25, 0.3) is 0 Å². The smallest absolute Gasteiger partial charge is 0.127 e. The molecule has 0 aromatic heterocycles. The second-order valence-electron chi connectivity index (χ2n) is 4.60. The van der Waals surface area contributed by atoms with E-state index in [4.69, 9.17) is 16.3 Å². The van der Waals surface area contributed by atoms with Gasteiger partial charge in [-0.3, -0.25) is 0 Å². The molecule has 0 radical (unpaired) electrons. The third kappa shape index (κ3) is 3.52. The SMILES string of the molecule is Clc1ccc(OCCSc2ccccc2)c2ccccc12. The van der Waals surface area contributed by atoms with Crippen LogP contribution in [-0.4, -0.2) is 12.4 Å². The molecule has 1 nitrogen and oxygen atoms in total. The van der Waals surface area contributed by atoms with E-state index in [1.807, 2.05) is 42.5 Å². The highest BCUT2D eigenvalue weighted by Gasteiger charge is 2.05. The van der Waals surface area contributed by atoms with Crippen molar-refractivity contribution in [2.45, 2.75) is 4.90 Å².